The molecular weight excluding hydrogens is 431 g/mol. The maximum atomic E-state index is 13.7. The molecule has 0 saturated carbocycles. The topological polar surface area (TPSA) is 73.3 Å². The predicted octanol–water partition coefficient (Wildman–Crippen LogP) is 3.60. The molecule has 0 aliphatic carbocycles. The summed E-state index contributed by atoms with van der Waals surface area (Å²) >= 11 is 7.54. The van der Waals surface area contributed by atoms with E-state index < -0.39 is 17.1 Å². The molecule has 0 spiro atoms. The van der Waals surface area contributed by atoms with Crippen molar-refractivity contribution in [2.24, 2.45) is 0 Å². The molecule has 0 fully saturated rings. The maximum Gasteiger partial charge on any atom is 0.328 e. The van der Waals surface area contributed by atoms with Gasteiger partial charge in [0, 0.05) is 23.3 Å². The quantitative estimate of drug-likeness (QED) is 0.601. The largest absolute Gasteiger partial charge is 0.382 e. The first-order valence-corrected chi connectivity index (χ1v) is 10.8. The number of hydrogen-bond donors (Lipinski definition) is 1. The van der Waals surface area contributed by atoms with Crippen molar-refractivity contribution in [2.75, 3.05) is 26.1 Å². The van der Waals surface area contributed by atoms with E-state index in [4.69, 9.17) is 21.1 Å². The van der Waals surface area contributed by atoms with E-state index in [9.17, 15) is 14.0 Å². The second kappa shape index (κ2) is 8.55. The van der Waals surface area contributed by atoms with Crippen LogP contribution in [0.3, 0.4) is 0 Å². The van der Waals surface area contributed by atoms with Gasteiger partial charge in [-0.15, -0.1) is 11.8 Å². The molecule has 6 nitrogen and oxygen atoms in total. The van der Waals surface area contributed by atoms with E-state index in [1.807, 2.05) is 6.92 Å². The van der Waals surface area contributed by atoms with Crippen LogP contribution in [-0.2, 0) is 16.0 Å². The van der Waals surface area contributed by atoms with Gasteiger partial charge in [0.15, 0.2) is 0 Å². The average molecular weight is 451 g/mol. The van der Waals surface area contributed by atoms with Gasteiger partial charge in [-0.2, -0.15) is 0 Å². The van der Waals surface area contributed by atoms with E-state index in [1.54, 1.807) is 29.9 Å². The Bertz CT molecular complexity index is 1240. The fraction of sp³-hybridized carbons (Fsp3) is 0.333. The van der Waals surface area contributed by atoms with Crippen LogP contribution >= 0.6 is 23.4 Å². The van der Waals surface area contributed by atoms with Crippen molar-refractivity contribution in [3.8, 4) is 11.1 Å². The summed E-state index contributed by atoms with van der Waals surface area (Å²) in [6.45, 7) is 3.04. The first kappa shape index (κ1) is 21.1. The normalized spacial score (nSPS) is 16.1. The number of rotatable bonds is 5. The predicted molar refractivity (Wildman–Crippen MR) is 116 cm³/mol. The molecule has 1 N–H and O–H groups in total. The zero-order valence-electron chi connectivity index (χ0n) is 16.5. The number of nitrogens with one attached hydrogen (secondary N) is 1. The summed E-state index contributed by atoms with van der Waals surface area (Å²) in [6.07, 6.45) is -0.241. The van der Waals surface area contributed by atoms with Gasteiger partial charge in [-0.25, -0.2) is 9.18 Å². The van der Waals surface area contributed by atoms with E-state index >= 15 is 0 Å². The SMILES string of the molecule is COCCO[C@@H]1CSc2c(-c3ccc(F)c(Cl)c3)c(C)cc3c(=O)[nH]c(=O)n(c23)C1. The summed E-state index contributed by atoms with van der Waals surface area (Å²) in [7, 11) is 1.60. The molecule has 0 saturated heterocycles. The highest BCUT2D eigenvalue weighted by atomic mass is 35.5. The fourth-order valence-electron chi connectivity index (χ4n) is 3.71. The minimum absolute atomic E-state index is 0.0156. The third-order valence-corrected chi connectivity index (χ3v) is 6.60. The van der Waals surface area contributed by atoms with Gasteiger partial charge in [0.05, 0.1) is 41.8 Å². The number of hydrogen-bond acceptors (Lipinski definition) is 5. The van der Waals surface area contributed by atoms with Gasteiger partial charge in [0.1, 0.15) is 5.82 Å². The standard InChI is InChI=1S/C21H20ClFN2O4S/c1-11-7-14-18-19(17(11)12-3-4-16(23)15(22)8-12)30-10-13(29-6-5-28-2)9-25(18)21(27)24-20(14)26/h3-4,7-8,13H,5-6,9-10H2,1-2H3,(H,24,26,27)/t13-/m0/s1. The summed E-state index contributed by atoms with van der Waals surface area (Å²) in [4.78, 5) is 28.4. The molecule has 0 radical (unpaired) electrons. The second-order valence-electron chi connectivity index (χ2n) is 7.09. The Hall–Kier alpha value is -2.13. The van der Waals surface area contributed by atoms with Crippen LogP contribution in [0.4, 0.5) is 4.39 Å². The number of aryl methyl sites for hydroxylation is 1. The Morgan fingerprint density at radius 3 is 2.83 bits per heavy atom. The number of methoxy groups -OCH3 is 1. The minimum atomic E-state index is -0.502. The molecule has 9 heteroatoms. The van der Waals surface area contributed by atoms with E-state index in [1.165, 1.54) is 17.8 Å². The highest BCUT2D eigenvalue weighted by molar-refractivity contribution is 7.99. The third kappa shape index (κ3) is 3.80. The molecule has 2 aromatic carbocycles. The molecule has 1 aliphatic rings. The molecule has 0 bridgehead atoms. The van der Waals surface area contributed by atoms with Gasteiger partial charge >= 0.3 is 5.69 Å². The van der Waals surface area contributed by atoms with E-state index in [0.717, 1.165) is 21.6 Å². The van der Waals surface area contributed by atoms with Crippen molar-refractivity contribution in [1.29, 1.82) is 0 Å². The van der Waals surface area contributed by atoms with Gasteiger partial charge in [-0.1, -0.05) is 17.7 Å². The smallest absolute Gasteiger partial charge is 0.328 e. The number of nitrogens with zero attached hydrogens (tertiary/aromatic N) is 1. The zero-order valence-corrected chi connectivity index (χ0v) is 18.0. The van der Waals surface area contributed by atoms with Gasteiger partial charge in [0.25, 0.3) is 5.56 Å². The van der Waals surface area contributed by atoms with Gasteiger partial charge in [-0.05, 0) is 36.2 Å². The lowest BCUT2D eigenvalue weighted by Gasteiger charge is -2.17. The number of aromatic amines is 1. The minimum Gasteiger partial charge on any atom is -0.382 e. The lowest BCUT2D eigenvalue weighted by atomic mass is 9.98. The number of halogens is 2. The van der Waals surface area contributed by atoms with Crippen LogP contribution in [0.5, 0.6) is 0 Å². The van der Waals surface area contributed by atoms with Crippen molar-refractivity contribution in [3.05, 3.63) is 61.5 Å². The number of ether oxygens (including phenoxy) is 2. The number of H-pyrrole nitrogens is 1. The van der Waals surface area contributed by atoms with Crippen LogP contribution in [0, 0.1) is 12.7 Å². The monoisotopic (exact) mass is 450 g/mol. The first-order valence-electron chi connectivity index (χ1n) is 9.40. The van der Waals surface area contributed by atoms with Crippen LogP contribution in [0.15, 0.2) is 38.8 Å². The molecule has 4 rings (SSSR count). The third-order valence-electron chi connectivity index (χ3n) is 5.08. The Morgan fingerprint density at radius 2 is 2.10 bits per heavy atom. The van der Waals surface area contributed by atoms with Crippen molar-refractivity contribution in [3.63, 3.8) is 0 Å². The summed E-state index contributed by atoms with van der Waals surface area (Å²) in [5, 5.41) is 0.450. The number of thioether (sulfide) groups is 1. The summed E-state index contributed by atoms with van der Waals surface area (Å²) in [6, 6.07) is 6.29. The van der Waals surface area contributed by atoms with Gasteiger partial charge in [-0.3, -0.25) is 14.3 Å². The van der Waals surface area contributed by atoms with Gasteiger partial charge in [0.2, 0.25) is 0 Å². The van der Waals surface area contributed by atoms with E-state index in [2.05, 4.69) is 4.98 Å². The average Bonchev–Trinajstić information content (AvgIpc) is 2.89. The maximum absolute atomic E-state index is 13.7. The lowest BCUT2D eigenvalue weighted by Crippen LogP contribution is -2.34. The van der Waals surface area contributed by atoms with Crippen molar-refractivity contribution in [2.45, 2.75) is 24.5 Å². The summed E-state index contributed by atoms with van der Waals surface area (Å²) in [5.41, 5.74) is 2.03. The molecule has 0 amide bonds. The molecule has 158 valence electrons. The van der Waals surface area contributed by atoms with Crippen molar-refractivity contribution >= 4 is 34.3 Å². The van der Waals surface area contributed by atoms with Crippen LogP contribution in [0.25, 0.3) is 22.0 Å². The van der Waals surface area contributed by atoms with Crippen LogP contribution in [0.2, 0.25) is 5.02 Å². The molecule has 0 unspecified atom stereocenters. The molecular formula is C21H20ClFN2O4S. The molecule has 3 aromatic rings. The Labute approximate surface area is 181 Å². The summed E-state index contributed by atoms with van der Waals surface area (Å²) in [5.74, 6) is 0.0804. The molecule has 1 atom stereocenters. The van der Waals surface area contributed by atoms with Gasteiger partial charge < -0.3 is 9.47 Å². The van der Waals surface area contributed by atoms with Crippen molar-refractivity contribution < 1.29 is 13.9 Å². The molecule has 2 heterocycles. The number of benzene rings is 2. The Morgan fingerprint density at radius 1 is 1.30 bits per heavy atom. The van der Waals surface area contributed by atoms with Crippen molar-refractivity contribution in [1.82, 2.24) is 9.55 Å². The van der Waals surface area contributed by atoms with Crippen LogP contribution < -0.4 is 11.2 Å². The van der Waals surface area contributed by atoms with Crippen LogP contribution in [0.1, 0.15) is 5.56 Å². The lowest BCUT2D eigenvalue weighted by molar-refractivity contribution is 0.0211. The van der Waals surface area contributed by atoms with E-state index in [0.29, 0.717) is 36.4 Å². The fourth-order valence-corrected chi connectivity index (χ4v) is 5.22. The molecule has 30 heavy (non-hydrogen) atoms. The zero-order chi connectivity index (χ0) is 21.4. The van der Waals surface area contributed by atoms with Crippen LogP contribution in [-0.4, -0.2) is 41.7 Å². The van der Waals surface area contributed by atoms with E-state index in [-0.39, 0.29) is 11.1 Å². The number of aromatic nitrogens is 2. The molecule has 1 aromatic heterocycles. The Kier molecular flexibility index (Phi) is 6.02. The summed E-state index contributed by atoms with van der Waals surface area (Å²) < 4.78 is 26.2. The second-order valence-corrected chi connectivity index (χ2v) is 8.53. The highest BCUT2D eigenvalue weighted by Gasteiger charge is 2.25. The molecule has 1 aliphatic heterocycles. The highest BCUT2D eigenvalue weighted by Crippen LogP contribution is 2.41. The Balaban J connectivity index is 1.95. The first-order chi connectivity index (χ1) is 14.4.